The highest BCUT2D eigenvalue weighted by Crippen LogP contribution is 2.23. The van der Waals surface area contributed by atoms with Gasteiger partial charge in [-0.25, -0.2) is 4.79 Å². The first-order chi connectivity index (χ1) is 4.00. The van der Waals surface area contributed by atoms with Gasteiger partial charge in [0.25, 0.3) is 0 Å². The van der Waals surface area contributed by atoms with Gasteiger partial charge in [0, 0.05) is 5.92 Å². The summed E-state index contributed by atoms with van der Waals surface area (Å²) in [4.78, 5) is 11.7. The highest BCUT2D eigenvalue weighted by Gasteiger charge is 2.32. The van der Waals surface area contributed by atoms with E-state index in [1.165, 1.54) is 13.8 Å². The van der Waals surface area contributed by atoms with Crippen LogP contribution in [-0.4, -0.2) is 12.1 Å². The van der Waals surface area contributed by atoms with E-state index in [1.807, 2.05) is 0 Å². The smallest absolute Gasteiger partial charge is 0.211 e. The number of alkyl halides is 2. The van der Waals surface area contributed by atoms with Crippen molar-refractivity contribution >= 4 is 6.08 Å². The highest BCUT2D eigenvalue weighted by atomic mass is 19.3. The summed E-state index contributed by atoms with van der Waals surface area (Å²) in [5.41, 5.74) is 0. The van der Waals surface area contributed by atoms with Gasteiger partial charge in [-0.2, -0.15) is 8.78 Å². The van der Waals surface area contributed by atoms with E-state index in [-0.39, 0.29) is 0 Å². The number of hydrogen-bond donors (Lipinski definition) is 0. The van der Waals surface area contributed by atoms with Crippen LogP contribution in [0.4, 0.5) is 8.78 Å². The molecule has 0 spiro atoms. The van der Waals surface area contributed by atoms with Gasteiger partial charge < -0.3 is 0 Å². The largest absolute Gasteiger partial charge is 0.354 e. The topological polar surface area (TPSA) is 29.4 Å². The SMILES string of the molecule is CC(C)C(F)(F)N=C=O. The van der Waals surface area contributed by atoms with Gasteiger partial charge in [0.05, 0.1) is 0 Å². The van der Waals surface area contributed by atoms with E-state index >= 15 is 0 Å². The summed E-state index contributed by atoms with van der Waals surface area (Å²) < 4.78 is 24.2. The van der Waals surface area contributed by atoms with Crippen molar-refractivity contribution in [2.75, 3.05) is 0 Å². The lowest BCUT2D eigenvalue weighted by Gasteiger charge is -2.11. The number of aliphatic imine (C=N–C) groups is 1. The second kappa shape index (κ2) is 2.69. The molecule has 0 atom stereocenters. The van der Waals surface area contributed by atoms with Crippen LogP contribution in [0, 0.1) is 5.92 Å². The van der Waals surface area contributed by atoms with Crippen LogP contribution < -0.4 is 0 Å². The van der Waals surface area contributed by atoms with E-state index in [0.717, 1.165) is 6.08 Å². The molecule has 0 aliphatic carbocycles. The average Bonchev–Trinajstić information content (AvgIpc) is 1.65. The molecule has 4 heteroatoms. The Morgan fingerprint density at radius 1 is 1.56 bits per heavy atom. The van der Waals surface area contributed by atoms with E-state index in [1.54, 1.807) is 0 Å². The molecule has 0 amide bonds. The summed E-state index contributed by atoms with van der Waals surface area (Å²) in [6.07, 6.45) is 0.814. The van der Waals surface area contributed by atoms with Gasteiger partial charge in [-0.3, -0.25) is 0 Å². The lowest BCUT2D eigenvalue weighted by Crippen LogP contribution is -2.19. The van der Waals surface area contributed by atoms with Crippen LogP contribution in [0.2, 0.25) is 0 Å². The highest BCUT2D eigenvalue weighted by molar-refractivity contribution is 5.33. The first kappa shape index (κ1) is 8.24. The molecule has 0 unspecified atom stereocenters. The normalized spacial score (nSPS) is 11.2. The fraction of sp³-hybridized carbons (Fsp3) is 0.800. The van der Waals surface area contributed by atoms with Gasteiger partial charge in [-0.05, 0) is 0 Å². The average molecular weight is 135 g/mol. The van der Waals surface area contributed by atoms with Crippen molar-refractivity contribution in [3.05, 3.63) is 0 Å². The molecule has 0 aromatic heterocycles. The molecule has 0 aliphatic heterocycles. The molecular weight excluding hydrogens is 128 g/mol. The maximum absolute atomic E-state index is 12.1. The molecule has 52 valence electrons. The molecule has 0 aliphatic rings. The second-order valence-electron chi connectivity index (χ2n) is 1.95. The standard InChI is InChI=1S/C5H7F2NO/c1-4(2)5(6,7)8-3-9/h4H,1-2H3. The van der Waals surface area contributed by atoms with Crippen LogP contribution in [-0.2, 0) is 4.79 Å². The molecule has 0 fully saturated rings. The maximum Gasteiger partial charge on any atom is 0.354 e. The zero-order valence-electron chi connectivity index (χ0n) is 5.19. The van der Waals surface area contributed by atoms with E-state index in [9.17, 15) is 13.6 Å². The summed E-state index contributed by atoms with van der Waals surface area (Å²) in [6.45, 7) is 2.56. The summed E-state index contributed by atoms with van der Waals surface area (Å²) in [5, 5.41) is 0. The Balaban J connectivity index is 4.18. The number of isocyanates is 1. The lowest BCUT2D eigenvalue weighted by atomic mass is 10.2. The number of hydrogen-bond acceptors (Lipinski definition) is 2. The predicted octanol–water partition coefficient (Wildman–Crippen LogP) is 1.57. The summed E-state index contributed by atoms with van der Waals surface area (Å²) in [5.74, 6) is -0.945. The van der Waals surface area contributed by atoms with Crippen LogP contribution in [0.3, 0.4) is 0 Å². The molecule has 2 nitrogen and oxygen atoms in total. The van der Waals surface area contributed by atoms with Crippen molar-refractivity contribution < 1.29 is 13.6 Å². The Labute approximate surface area is 51.6 Å². The molecule has 0 saturated heterocycles. The molecule has 0 N–H and O–H groups in total. The van der Waals surface area contributed by atoms with Crippen LogP contribution >= 0.6 is 0 Å². The Hall–Kier alpha value is -0.760. The van der Waals surface area contributed by atoms with Gasteiger partial charge in [0.1, 0.15) is 0 Å². The Morgan fingerprint density at radius 2 is 2.00 bits per heavy atom. The molecule has 0 heterocycles. The quantitative estimate of drug-likeness (QED) is 0.321. The van der Waals surface area contributed by atoms with E-state index in [4.69, 9.17) is 0 Å². The third kappa shape index (κ3) is 2.33. The summed E-state index contributed by atoms with van der Waals surface area (Å²) in [7, 11) is 0. The molecule has 9 heavy (non-hydrogen) atoms. The number of rotatable bonds is 2. The summed E-state index contributed by atoms with van der Waals surface area (Å²) >= 11 is 0. The van der Waals surface area contributed by atoms with Crippen LogP contribution in [0.15, 0.2) is 4.99 Å². The van der Waals surface area contributed by atoms with Crippen LogP contribution in [0.1, 0.15) is 13.8 Å². The zero-order chi connectivity index (χ0) is 7.49. The second-order valence-corrected chi connectivity index (χ2v) is 1.95. The molecule has 0 aromatic rings. The molecular formula is C5H7F2NO. The van der Waals surface area contributed by atoms with Crippen molar-refractivity contribution in [1.82, 2.24) is 0 Å². The minimum Gasteiger partial charge on any atom is -0.211 e. The number of carbonyl (C=O) groups excluding carboxylic acids is 1. The van der Waals surface area contributed by atoms with Crippen molar-refractivity contribution in [3.63, 3.8) is 0 Å². The Morgan fingerprint density at radius 3 is 2.11 bits per heavy atom. The van der Waals surface area contributed by atoms with Gasteiger partial charge in [0.15, 0.2) is 0 Å². The third-order valence-electron chi connectivity index (χ3n) is 0.889. The number of halogens is 2. The third-order valence-corrected chi connectivity index (χ3v) is 0.889. The van der Waals surface area contributed by atoms with Crippen molar-refractivity contribution in [2.45, 2.75) is 19.9 Å². The predicted molar refractivity (Wildman–Crippen MR) is 27.9 cm³/mol. The van der Waals surface area contributed by atoms with Crippen LogP contribution in [0.25, 0.3) is 0 Å². The van der Waals surface area contributed by atoms with Gasteiger partial charge in [-0.1, -0.05) is 13.8 Å². The van der Waals surface area contributed by atoms with Crippen molar-refractivity contribution in [1.29, 1.82) is 0 Å². The van der Waals surface area contributed by atoms with Crippen molar-refractivity contribution in [2.24, 2.45) is 10.9 Å². The van der Waals surface area contributed by atoms with Gasteiger partial charge in [-0.15, -0.1) is 4.99 Å². The fourth-order valence-electron chi connectivity index (χ4n) is 0.190. The molecule has 0 radical (unpaired) electrons. The monoisotopic (exact) mass is 135 g/mol. The van der Waals surface area contributed by atoms with E-state index < -0.39 is 12.0 Å². The molecule has 0 rings (SSSR count). The maximum atomic E-state index is 12.1. The lowest BCUT2D eigenvalue weighted by molar-refractivity contribution is -0.0351. The van der Waals surface area contributed by atoms with E-state index in [0.29, 0.717) is 0 Å². The minimum absolute atomic E-state index is 0.814. The first-order valence-electron chi connectivity index (χ1n) is 2.47. The van der Waals surface area contributed by atoms with E-state index in [2.05, 4.69) is 4.99 Å². The van der Waals surface area contributed by atoms with Crippen molar-refractivity contribution in [3.8, 4) is 0 Å². The molecule has 0 saturated carbocycles. The number of nitrogens with zero attached hydrogens (tertiary/aromatic N) is 1. The molecule has 0 bridgehead atoms. The summed E-state index contributed by atoms with van der Waals surface area (Å²) in [6, 6.07) is -3.25. The minimum atomic E-state index is -3.25. The molecule has 0 aromatic carbocycles. The first-order valence-corrected chi connectivity index (χ1v) is 2.47. The van der Waals surface area contributed by atoms with Gasteiger partial charge in [0.2, 0.25) is 6.08 Å². The Bertz CT molecular complexity index is 138. The fourth-order valence-corrected chi connectivity index (χ4v) is 0.190. The van der Waals surface area contributed by atoms with Gasteiger partial charge >= 0.3 is 6.05 Å². The zero-order valence-corrected chi connectivity index (χ0v) is 5.19. The van der Waals surface area contributed by atoms with Crippen LogP contribution in [0.5, 0.6) is 0 Å². The Kier molecular flexibility index (Phi) is 2.46.